The van der Waals surface area contributed by atoms with Crippen LogP contribution in [0.3, 0.4) is 0 Å². The molecule has 0 atom stereocenters. The summed E-state index contributed by atoms with van der Waals surface area (Å²) in [7, 11) is -4.31. The first kappa shape index (κ1) is 18.5. The highest BCUT2D eigenvalue weighted by molar-refractivity contribution is 8.12. The second-order valence-electron chi connectivity index (χ2n) is 6.74. The van der Waals surface area contributed by atoms with Gasteiger partial charge in [0, 0.05) is 35.8 Å². The summed E-state index contributed by atoms with van der Waals surface area (Å²) in [5.41, 5.74) is 2.42. The maximum Gasteiger partial charge on any atom is 0.231 e. The van der Waals surface area contributed by atoms with E-state index in [9.17, 15) is 13.2 Å². The molecule has 0 saturated carbocycles. The van der Waals surface area contributed by atoms with Crippen LogP contribution in [0.25, 0.3) is 22.0 Å². The molecule has 0 aliphatic rings. The molecule has 3 N–H and O–H groups in total. The van der Waals surface area contributed by atoms with Crippen molar-refractivity contribution in [3.8, 4) is 11.1 Å². The lowest BCUT2D eigenvalue weighted by atomic mass is 10.1. The number of nitrogens with zero attached hydrogens (tertiary/aromatic N) is 2. The number of hydrogen-bond donors (Lipinski definition) is 3. The summed E-state index contributed by atoms with van der Waals surface area (Å²) >= 11 is 0. The molecule has 0 unspecified atom stereocenters. The lowest BCUT2D eigenvalue weighted by Crippen LogP contribution is -2.45. The van der Waals surface area contributed by atoms with Gasteiger partial charge in [-0.3, -0.25) is 4.55 Å². The summed E-state index contributed by atoms with van der Waals surface area (Å²) in [5, 5.41) is 8.39. The third kappa shape index (κ3) is 3.47. The maximum absolute atomic E-state index is 13.4. The lowest BCUT2D eigenvalue weighted by molar-refractivity contribution is 0.448. The Morgan fingerprint density at radius 2 is 1.96 bits per heavy atom. The van der Waals surface area contributed by atoms with E-state index in [1.165, 1.54) is 18.4 Å². The Labute approximate surface area is 160 Å². The topological polar surface area (TPSA) is 104 Å². The predicted octanol–water partition coefficient (Wildman–Crippen LogP) is 3.65. The fourth-order valence-corrected chi connectivity index (χ4v) is 4.42. The molecule has 28 heavy (non-hydrogen) atoms. The lowest BCUT2D eigenvalue weighted by Gasteiger charge is -2.39. The predicted molar refractivity (Wildman–Crippen MR) is 105 cm³/mol. The van der Waals surface area contributed by atoms with E-state index in [0.29, 0.717) is 11.4 Å². The average Bonchev–Trinajstić information content (AvgIpc) is 3.25. The van der Waals surface area contributed by atoms with Crippen molar-refractivity contribution in [1.82, 2.24) is 19.9 Å². The normalized spacial score (nSPS) is 13.5. The van der Waals surface area contributed by atoms with E-state index >= 15 is 0 Å². The second kappa shape index (κ2) is 6.33. The van der Waals surface area contributed by atoms with Crippen LogP contribution in [0, 0.1) is 12.7 Å². The summed E-state index contributed by atoms with van der Waals surface area (Å²) in [4.78, 5) is 3.28. The summed E-state index contributed by atoms with van der Waals surface area (Å²) < 4.78 is 45.1. The summed E-state index contributed by atoms with van der Waals surface area (Å²) in [6.07, 6.45) is 3.03. The van der Waals surface area contributed by atoms with E-state index in [1.54, 1.807) is 43.5 Å². The number of fused-ring (bicyclic) bond motifs is 1. The van der Waals surface area contributed by atoms with Gasteiger partial charge >= 0.3 is 0 Å². The zero-order valence-electron chi connectivity index (χ0n) is 15.3. The standard InChI is InChI=1S/C19H19FN4O3S/c1-12-23-24-19(27-12)11-22-28(2,25,26)15-6-3-13(4-7-15)17-10-21-18-9-14(20)5-8-16(17)18/h3-10,21H,11H2,1-2H3,(H2,22,25,26). The van der Waals surface area contributed by atoms with Crippen molar-refractivity contribution in [2.24, 2.45) is 0 Å². The van der Waals surface area contributed by atoms with E-state index in [1.807, 2.05) is 0 Å². The van der Waals surface area contributed by atoms with Gasteiger partial charge in [0.1, 0.15) is 5.82 Å². The summed E-state index contributed by atoms with van der Waals surface area (Å²) in [6, 6.07) is 11.2. The molecular weight excluding hydrogens is 383 g/mol. The maximum atomic E-state index is 13.4. The van der Waals surface area contributed by atoms with Crippen molar-refractivity contribution < 1.29 is 17.6 Å². The molecule has 0 aliphatic carbocycles. The Hall–Kier alpha value is -2.88. The second-order valence-corrected chi connectivity index (χ2v) is 10.1. The summed E-state index contributed by atoms with van der Waals surface area (Å²) in [5.74, 6) is 0.306. The van der Waals surface area contributed by atoms with Crippen LogP contribution in [-0.4, -0.2) is 30.2 Å². The Balaban J connectivity index is 1.61. The molecule has 0 radical (unpaired) electrons. The van der Waals surface area contributed by atoms with E-state index in [2.05, 4.69) is 19.9 Å². The van der Waals surface area contributed by atoms with Gasteiger partial charge in [-0.1, -0.05) is 12.1 Å². The van der Waals surface area contributed by atoms with Crippen LogP contribution >= 0.6 is 0 Å². The molecule has 7 nitrogen and oxygen atoms in total. The molecule has 9 heteroatoms. The van der Waals surface area contributed by atoms with Crippen LogP contribution < -0.4 is 4.72 Å². The minimum absolute atomic E-state index is 0.0328. The van der Waals surface area contributed by atoms with Crippen molar-refractivity contribution in [2.45, 2.75) is 18.4 Å². The smallest absolute Gasteiger partial charge is 0.231 e. The van der Waals surface area contributed by atoms with E-state index in [4.69, 9.17) is 4.42 Å². The highest BCUT2D eigenvalue weighted by Crippen LogP contribution is 2.32. The minimum Gasteiger partial charge on any atom is -0.424 e. The number of nitrogens with one attached hydrogen (secondary N) is 2. The molecule has 4 rings (SSSR count). The molecule has 0 spiro atoms. The molecule has 0 fully saturated rings. The molecule has 0 aliphatic heterocycles. The molecular formula is C19H19FN4O3S. The Morgan fingerprint density at radius 3 is 2.64 bits per heavy atom. The van der Waals surface area contributed by atoms with Crippen molar-refractivity contribution in [3.05, 3.63) is 66.3 Å². The van der Waals surface area contributed by atoms with Gasteiger partial charge in [-0.05, 0) is 35.9 Å². The molecule has 146 valence electrons. The van der Waals surface area contributed by atoms with Gasteiger partial charge in [0.05, 0.1) is 11.4 Å². The average molecular weight is 402 g/mol. The first-order chi connectivity index (χ1) is 13.2. The van der Waals surface area contributed by atoms with Gasteiger partial charge in [0.25, 0.3) is 0 Å². The number of aromatic nitrogens is 3. The van der Waals surface area contributed by atoms with Crippen LogP contribution in [0.1, 0.15) is 11.8 Å². The molecule has 0 amide bonds. The van der Waals surface area contributed by atoms with Crippen molar-refractivity contribution in [2.75, 3.05) is 6.26 Å². The highest BCUT2D eigenvalue weighted by Gasteiger charge is 2.24. The zero-order valence-corrected chi connectivity index (χ0v) is 16.1. The number of hydrogen-bond acceptors (Lipinski definition) is 4. The van der Waals surface area contributed by atoms with Gasteiger partial charge in [-0.15, -0.1) is 19.7 Å². The van der Waals surface area contributed by atoms with Crippen LogP contribution in [0.2, 0.25) is 0 Å². The van der Waals surface area contributed by atoms with E-state index in [0.717, 1.165) is 16.5 Å². The molecule has 4 aromatic rings. The molecule has 0 bridgehead atoms. The van der Waals surface area contributed by atoms with Gasteiger partial charge < -0.3 is 9.40 Å². The molecule has 0 saturated heterocycles. The fourth-order valence-electron chi connectivity index (χ4n) is 3.02. The van der Waals surface area contributed by atoms with Crippen molar-refractivity contribution in [3.63, 3.8) is 0 Å². The monoisotopic (exact) mass is 402 g/mol. The minimum atomic E-state index is -4.31. The number of benzene rings is 2. The zero-order chi connectivity index (χ0) is 20.0. The van der Waals surface area contributed by atoms with E-state index in [-0.39, 0.29) is 23.1 Å². The number of halogens is 1. The fraction of sp³-hybridized carbons (Fsp3) is 0.158. The van der Waals surface area contributed by atoms with Gasteiger partial charge in [0.2, 0.25) is 11.8 Å². The highest BCUT2D eigenvalue weighted by atomic mass is 32.3. The number of aromatic amines is 1. The first-order valence-electron chi connectivity index (χ1n) is 8.50. The third-order valence-corrected chi connectivity index (χ3v) is 6.70. The molecule has 2 heterocycles. The van der Waals surface area contributed by atoms with Crippen LogP contribution in [-0.2, 0) is 16.1 Å². The number of rotatable bonds is 5. The largest absolute Gasteiger partial charge is 0.424 e. The Kier molecular flexibility index (Phi) is 4.18. The van der Waals surface area contributed by atoms with Crippen LogP contribution in [0.4, 0.5) is 4.39 Å². The SMILES string of the molecule is Cc1nnc(CNS(C)(=O)(O)c2ccc(-c3c[nH]c4cc(F)ccc34)cc2)o1. The van der Waals surface area contributed by atoms with Gasteiger partial charge in [0.15, 0.2) is 0 Å². The Morgan fingerprint density at radius 1 is 1.21 bits per heavy atom. The molecule has 2 aromatic heterocycles. The van der Waals surface area contributed by atoms with Crippen LogP contribution in [0.5, 0.6) is 0 Å². The number of aryl methyl sites for hydroxylation is 1. The van der Waals surface area contributed by atoms with Crippen molar-refractivity contribution in [1.29, 1.82) is 0 Å². The van der Waals surface area contributed by atoms with Crippen molar-refractivity contribution >= 4 is 20.4 Å². The third-order valence-electron chi connectivity index (χ3n) is 4.50. The first-order valence-corrected chi connectivity index (χ1v) is 10.8. The van der Waals surface area contributed by atoms with Crippen LogP contribution in [0.15, 0.2) is 58.0 Å². The molecule has 2 aromatic carbocycles. The summed E-state index contributed by atoms with van der Waals surface area (Å²) in [6.45, 7) is 1.61. The number of H-pyrrole nitrogens is 1. The van der Waals surface area contributed by atoms with Gasteiger partial charge in [-0.25, -0.2) is 9.11 Å². The van der Waals surface area contributed by atoms with Gasteiger partial charge in [-0.2, -0.15) is 4.21 Å². The quantitative estimate of drug-likeness (QED) is 0.473. The Bertz CT molecular complexity index is 1220. The van der Waals surface area contributed by atoms with E-state index < -0.39 is 9.53 Å².